The number of aliphatic hydroxyl groups excluding tert-OH is 1. The summed E-state index contributed by atoms with van der Waals surface area (Å²) in [5.41, 5.74) is 0.752. The maximum Gasteiger partial charge on any atom is 0.424 e. The van der Waals surface area contributed by atoms with E-state index in [1.54, 1.807) is 6.92 Å². The van der Waals surface area contributed by atoms with E-state index in [1.165, 1.54) is 12.1 Å². The highest BCUT2D eigenvalue weighted by Gasteiger charge is 2.56. The van der Waals surface area contributed by atoms with Crippen LogP contribution in [0.3, 0.4) is 0 Å². The van der Waals surface area contributed by atoms with Crippen molar-refractivity contribution in [2.75, 3.05) is 19.8 Å². The Morgan fingerprint density at radius 1 is 1.26 bits per heavy atom. The monoisotopic (exact) mass is 386 g/mol. The van der Waals surface area contributed by atoms with Gasteiger partial charge in [0.2, 0.25) is 5.60 Å². The van der Waals surface area contributed by atoms with Gasteiger partial charge in [-0.2, -0.15) is 13.2 Å². The Kier molecular flexibility index (Phi) is 4.65. The van der Waals surface area contributed by atoms with Crippen molar-refractivity contribution in [1.29, 1.82) is 0 Å². The number of rotatable bonds is 4. The van der Waals surface area contributed by atoms with Crippen LogP contribution in [0.1, 0.15) is 18.2 Å². The highest BCUT2D eigenvalue weighted by atomic mass is 19.4. The van der Waals surface area contributed by atoms with Crippen LogP contribution < -0.4 is 10.5 Å². The Morgan fingerprint density at radius 2 is 1.89 bits per heavy atom. The third-order valence-electron chi connectivity index (χ3n) is 4.81. The first-order valence-corrected chi connectivity index (χ1v) is 8.10. The van der Waals surface area contributed by atoms with Gasteiger partial charge in [0, 0.05) is 17.7 Å². The topological polar surface area (TPSA) is 88.6 Å². The van der Waals surface area contributed by atoms with Crippen LogP contribution in [-0.4, -0.2) is 41.1 Å². The fourth-order valence-corrected chi connectivity index (χ4v) is 2.95. The number of nitrogens with zero attached hydrogens (tertiary/aromatic N) is 1. The van der Waals surface area contributed by atoms with E-state index in [2.05, 4.69) is 4.98 Å². The number of pyridine rings is 1. The number of halogens is 4. The predicted octanol–water partition coefficient (Wildman–Crippen LogP) is 2.24. The molecule has 5 nitrogen and oxygen atoms in total. The van der Waals surface area contributed by atoms with E-state index in [0.29, 0.717) is 5.56 Å². The highest BCUT2D eigenvalue weighted by Crippen LogP contribution is 2.47. The SMILES string of the molecule is C[C@]1(CO)COc2c1cc([C@@](O)(CN)C(F)(F)F)nc2-c1ccc(F)cc1. The average molecular weight is 386 g/mol. The quantitative estimate of drug-likeness (QED) is 0.702. The number of hydrogen-bond acceptors (Lipinski definition) is 5. The van der Waals surface area contributed by atoms with Gasteiger partial charge in [0.25, 0.3) is 0 Å². The zero-order valence-corrected chi connectivity index (χ0v) is 14.3. The first-order valence-electron chi connectivity index (χ1n) is 8.10. The molecule has 0 bridgehead atoms. The maximum atomic E-state index is 13.5. The van der Waals surface area contributed by atoms with E-state index in [4.69, 9.17) is 10.5 Å². The van der Waals surface area contributed by atoms with Crippen LogP contribution in [0.4, 0.5) is 17.6 Å². The van der Waals surface area contributed by atoms with Gasteiger partial charge in [0.1, 0.15) is 23.9 Å². The summed E-state index contributed by atoms with van der Waals surface area (Å²) in [6, 6.07) is 6.01. The van der Waals surface area contributed by atoms with Crippen molar-refractivity contribution in [3.05, 3.63) is 47.4 Å². The van der Waals surface area contributed by atoms with Crippen molar-refractivity contribution in [3.63, 3.8) is 0 Å². The number of fused-ring (bicyclic) bond motifs is 1. The van der Waals surface area contributed by atoms with Crippen molar-refractivity contribution in [2.24, 2.45) is 5.73 Å². The van der Waals surface area contributed by atoms with E-state index in [1.807, 2.05) is 0 Å². The predicted molar refractivity (Wildman–Crippen MR) is 88.6 cm³/mol. The van der Waals surface area contributed by atoms with Crippen LogP contribution in [-0.2, 0) is 11.0 Å². The molecule has 0 fully saturated rings. The van der Waals surface area contributed by atoms with Crippen molar-refractivity contribution in [1.82, 2.24) is 4.98 Å². The summed E-state index contributed by atoms with van der Waals surface area (Å²) < 4.78 is 59.4. The molecule has 2 atom stereocenters. The zero-order valence-electron chi connectivity index (χ0n) is 14.3. The van der Waals surface area contributed by atoms with Crippen LogP contribution >= 0.6 is 0 Å². The molecule has 27 heavy (non-hydrogen) atoms. The molecule has 146 valence electrons. The third-order valence-corrected chi connectivity index (χ3v) is 4.81. The molecule has 1 aromatic heterocycles. The summed E-state index contributed by atoms with van der Waals surface area (Å²) in [4.78, 5) is 3.97. The number of hydrogen-bond donors (Lipinski definition) is 3. The number of aliphatic hydroxyl groups is 2. The Hall–Kier alpha value is -2.23. The lowest BCUT2D eigenvalue weighted by Crippen LogP contribution is -2.49. The Balaban J connectivity index is 2.30. The molecule has 0 aliphatic carbocycles. The Morgan fingerprint density at radius 3 is 2.41 bits per heavy atom. The number of ether oxygens (including phenoxy) is 1. The minimum Gasteiger partial charge on any atom is -0.490 e. The normalized spacial score (nSPS) is 21.5. The van der Waals surface area contributed by atoms with Crippen LogP contribution in [0, 0.1) is 5.82 Å². The Bertz CT molecular complexity index is 857. The van der Waals surface area contributed by atoms with Crippen molar-refractivity contribution < 1.29 is 32.5 Å². The summed E-state index contributed by atoms with van der Waals surface area (Å²) >= 11 is 0. The molecule has 3 rings (SSSR count). The lowest BCUT2D eigenvalue weighted by atomic mass is 9.83. The van der Waals surface area contributed by atoms with Gasteiger partial charge in [-0.15, -0.1) is 0 Å². The first-order chi connectivity index (χ1) is 12.6. The second-order valence-electron chi connectivity index (χ2n) is 6.81. The average Bonchev–Trinajstić information content (AvgIpc) is 2.98. The smallest absolute Gasteiger partial charge is 0.424 e. The molecule has 0 amide bonds. The van der Waals surface area contributed by atoms with Crippen molar-refractivity contribution >= 4 is 0 Å². The standard InChI is InChI=1S/C18H18F4N2O3/c1-16(8-25)9-27-15-12(16)6-13(17(26,7-23)18(20,21)22)24-14(15)10-2-4-11(19)5-3-10/h2-6,25-26H,7-9,23H2,1H3/t16-,17-/m0/s1. The molecule has 9 heteroatoms. The third kappa shape index (κ3) is 3.05. The van der Waals surface area contributed by atoms with Crippen LogP contribution in [0.2, 0.25) is 0 Å². The van der Waals surface area contributed by atoms with E-state index < -0.39 is 35.2 Å². The van der Waals surface area contributed by atoms with Crippen molar-refractivity contribution in [2.45, 2.75) is 24.1 Å². The maximum absolute atomic E-state index is 13.5. The number of benzene rings is 1. The van der Waals surface area contributed by atoms with Gasteiger partial charge in [0.15, 0.2) is 0 Å². The molecule has 0 saturated carbocycles. The highest BCUT2D eigenvalue weighted by molar-refractivity contribution is 5.71. The van der Waals surface area contributed by atoms with Gasteiger partial charge in [-0.25, -0.2) is 9.37 Å². The second-order valence-corrected chi connectivity index (χ2v) is 6.81. The molecule has 2 heterocycles. The van der Waals surface area contributed by atoms with E-state index in [0.717, 1.165) is 18.2 Å². The van der Waals surface area contributed by atoms with Gasteiger partial charge < -0.3 is 20.7 Å². The molecular weight excluding hydrogens is 368 g/mol. The summed E-state index contributed by atoms with van der Waals surface area (Å²) in [7, 11) is 0. The molecule has 1 aliphatic rings. The molecule has 4 N–H and O–H groups in total. The van der Waals surface area contributed by atoms with Gasteiger partial charge in [-0.1, -0.05) is 0 Å². The molecule has 0 saturated heterocycles. The van der Waals surface area contributed by atoms with Gasteiger partial charge in [0.05, 0.1) is 17.7 Å². The van der Waals surface area contributed by atoms with E-state index in [-0.39, 0.29) is 30.2 Å². The zero-order chi connectivity index (χ0) is 20.0. The minimum atomic E-state index is -5.07. The number of nitrogens with two attached hydrogens (primary N) is 1. The lowest BCUT2D eigenvalue weighted by molar-refractivity contribution is -0.263. The summed E-state index contributed by atoms with van der Waals surface area (Å²) in [5.74, 6) is -0.343. The fraction of sp³-hybridized carbons (Fsp3) is 0.389. The second kappa shape index (κ2) is 6.43. The largest absolute Gasteiger partial charge is 0.490 e. The molecule has 0 unspecified atom stereocenters. The van der Waals surface area contributed by atoms with Crippen LogP contribution in [0.5, 0.6) is 5.75 Å². The van der Waals surface area contributed by atoms with Crippen LogP contribution in [0.15, 0.2) is 30.3 Å². The lowest BCUT2D eigenvalue weighted by Gasteiger charge is -2.30. The molecule has 0 radical (unpaired) electrons. The molecular formula is C18H18F4N2O3. The molecule has 1 aromatic carbocycles. The minimum absolute atomic E-state index is 0.0100. The summed E-state index contributed by atoms with van der Waals surface area (Å²) in [6.07, 6.45) is -5.07. The van der Waals surface area contributed by atoms with Crippen molar-refractivity contribution in [3.8, 4) is 17.0 Å². The molecule has 0 spiro atoms. The number of alkyl halides is 3. The van der Waals surface area contributed by atoms with E-state index in [9.17, 15) is 27.8 Å². The molecule has 2 aromatic rings. The van der Waals surface area contributed by atoms with Crippen LogP contribution in [0.25, 0.3) is 11.3 Å². The molecule has 1 aliphatic heterocycles. The summed E-state index contributed by atoms with van der Waals surface area (Å²) in [5, 5.41) is 20.0. The first kappa shape index (κ1) is 19.5. The van der Waals surface area contributed by atoms with Gasteiger partial charge in [-0.3, -0.25) is 0 Å². The van der Waals surface area contributed by atoms with Gasteiger partial charge in [-0.05, 0) is 37.3 Å². The summed E-state index contributed by atoms with van der Waals surface area (Å²) in [6.45, 7) is 0.110. The van der Waals surface area contributed by atoms with Gasteiger partial charge >= 0.3 is 6.18 Å². The fourth-order valence-electron chi connectivity index (χ4n) is 2.95. The number of aromatic nitrogens is 1. The Labute approximate surface area is 152 Å². The van der Waals surface area contributed by atoms with E-state index >= 15 is 0 Å².